The number of amides is 1. The number of carbonyl (C=O) groups is 1. The molecule has 2 aromatic carbocycles. The van der Waals surface area contributed by atoms with Crippen LogP contribution in [0.5, 0.6) is 0 Å². The SMILES string of the molecule is C[C@H](NC(=O)CN1CCC[C@H]1c1nc2ccccc2s1)c1ccccc1. The Kier molecular flexibility index (Phi) is 5.00. The third-order valence-corrected chi connectivity index (χ3v) is 6.12. The Morgan fingerprint density at radius 2 is 2.00 bits per heavy atom. The van der Waals surface area contributed by atoms with Crippen LogP contribution in [0.15, 0.2) is 54.6 Å². The quantitative estimate of drug-likeness (QED) is 0.733. The summed E-state index contributed by atoms with van der Waals surface area (Å²) in [4.78, 5) is 19.6. The first-order valence-electron chi connectivity index (χ1n) is 9.14. The van der Waals surface area contributed by atoms with Crippen LogP contribution in [0.3, 0.4) is 0 Å². The predicted octanol–water partition coefficient (Wildman–Crippen LogP) is 4.31. The minimum atomic E-state index is 0.0206. The van der Waals surface area contributed by atoms with Crippen molar-refractivity contribution < 1.29 is 4.79 Å². The normalized spacial score (nSPS) is 18.9. The molecule has 5 heteroatoms. The zero-order valence-electron chi connectivity index (χ0n) is 14.9. The van der Waals surface area contributed by atoms with E-state index < -0.39 is 0 Å². The first-order chi connectivity index (χ1) is 12.7. The van der Waals surface area contributed by atoms with Crippen molar-refractivity contribution in [3.63, 3.8) is 0 Å². The molecule has 3 aromatic rings. The highest BCUT2D eigenvalue weighted by Crippen LogP contribution is 2.36. The number of hydrogen-bond donors (Lipinski definition) is 1. The van der Waals surface area contributed by atoms with Gasteiger partial charge in [-0.2, -0.15) is 0 Å². The van der Waals surface area contributed by atoms with Crippen molar-refractivity contribution in [2.24, 2.45) is 0 Å². The van der Waals surface area contributed by atoms with Crippen molar-refractivity contribution >= 4 is 27.5 Å². The summed E-state index contributed by atoms with van der Waals surface area (Å²) in [6.45, 7) is 3.41. The average molecular weight is 366 g/mol. The van der Waals surface area contributed by atoms with E-state index in [1.54, 1.807) is 11.3 Å². The van der Waals surface area contributed by atoms with Crippen LogP contribution in [0, 0.1) is 0 Å². The van der Waals surface area contributed by atoms with Gasteiger partial charge in [-0.05, 0) is 44.0 Å². The third kappa shape index (κ3) is 3.64. The lowest BCUT2D eigenvalue weighted by atomic mass is 10.1. The lowest BCUT2D eigenvalue weighted by molar-refractivity contribution is -0.123. The molecule has 1 aliphatic heterocycles. The highest BCUT2D eigenvalue weighted by molar-refractivity contribution is 7.18. The molecule has 1 aliphatic rings. The molecule has 0 radical (unpaired) electrons. The maximum Gasteiger partial charge on any atom is 0.234 e. The van der Waals surface area contributed by atoms with Crippen LogP contribution in [-0.2, 0) is 4.79 Å². The van der Waals surface area contributed by atoms with E-state index in [4.69, 9.17) is 4.98 Å². The van der Waals surface area contributed by atoms with Gasteiger partial charge in [0, 0.05) is 0 Å². The Bertz CT molecular complexity index is 859. The Labute approximate surface area is 157 Å². The van der Waals surface area contributed by atoms with Gasteiger partial charge in [-0.25, -0.2) is 4.98 Å². The van der Waals surface area contributed by atoms with Gasteiger partial charge in [-0.1, -0.05) is 42.5 Å². The van der Waals surface area contributed by atoms with Gasteiger partial charge < -0.3 is 5.32 Å². The van der Waals surface area contributed by atoms with Crippen LogP contribution in [0.4, 0.5) is 0 Å². The van der Waals surface area contributed by atoms with Gasteiger partial charge in [0.05, 0.1) is 28.8 Å². The minimum Gasteiger partial charge on any atom is -0.348 e. The molecule has 1 amide bonds. The summed E-state index contributed by atoms with van der Waals surface area (Å²) in [5, 5.41) is 4.26. The number of fused-ring (bicyclic) bond motifs is 1. The molecule has 26 heavy (non-hydrogen) atoms. The number of carbonyl (C=O) groups excluding carboxylic acids is 1. The van der Waals surface area contributed by atoms with Gasteiger partial charge in [0.2, 0.25) is 5.91 Å². The summed E-state index contributed by atoms with van der Waals surface area (Å²) < 4.78 is 1.22. The van der Waals surface area contributed by atoms with Gasteiger partial charge in [0.15, 0.2) is 0 Å². The number of nitrogens with zero attached hydrogens (tertiary/aromatic N) is 2. The second-order valence-electron chi connectivity index (χ2n) is 6.85. The average Bonchev–Trinajstić information content (AvgIpc) is 3.28. The van der Waals surface area contributed by atoms with Gasteiger partial charge in [0.1, 0.15) is 5.01 Å². The van der Waals surface area contributed by atoms with E-state index >= 15 is 0 Å². The molecule has 1 fully saturated rings. The lowest BCUT2D eigenvalue weighted by Gasteiger charge is -2.23. The molecule has 2 heterocycles. The van der Waals surface area contributed by atoms with Crippen LogP contribution in [-0.4, -0.2) is 28.9 Å². The highest BCUT2D eigenvalue weighted by atomic mass is 32.1. The molecule has 0 aliphatic carbocycles. The van der Waals surface area contributed by atoms with E-state index in [-0.39, 0.29) is 18.0 Å². The van der Waals surface area contributed by atoms with Gasteiger partial charge >= 0.3 is 0 Å². The van der Waals surface area contributed by atoms with Crippen LogP contribution in [0.25, 0.3) is 10.2 Å². The Morgan fingerprint density at radius 3 is 2.81 bits per heavy atom. The van der Waals surface area contributed by atoms with E-state index in [0.29, 0.717) is 6.54 Å². The maximum atomic E-state index is 12.6. The van der Waals surface area contributed by atoms with E-state index in [1.807, 2.05) is 43.3 Å². The van der Waals surface area contributed by atoms with E-state index in [0.717, 1.165) is 35.5 Å². The van der Waals surface area contributed by atoms with Crippen LogP contribution < -0.4 is 5.32 Å². The molecule has 1 N–H and O–H groups in total. The summed E-state index contributed by atoms with van der Waals surface area (Å²) in [5.41, 5.74) is 2.19. The summed E-state index contributed by atoms with van der Waals surface area (Å²) in [5.74, 6) is 0.0781. The minimum absolute atomic E-state index is 0.0206. The number of rotatable bonds is 5. The Balaban J connectivity index is 1.42. The van der Waals surface area contributed by atoms with Crippen molar-refractivity contribution in [2.45, 2.75) is 31.8 Å². The summed E-state index contributed by atoms with van der Waals surface area (Å²) in [7, 11) is 0. The van der Waals surface area contributed by atoms with Crippen LogP contribution in [0.1, 0.15) is 42.4 Å². The molecule has 0 bridgehead atoms. The number of aromatic nitrogens is 1. The number of para-hydroxylation sites is 1. The first kappa shape index (κ1) is 17.2. The first-order valence-corrected chi connectivity index (χ1v) is 9.96. The zero-order chi connectivity index (χ0) is 17.9. The van der Waals surface area contributed by atoms with Gasteiger partial charge in [-0.3, -0.25) is 9.69 Å². The molecule has 0 saturated carbocycles. The molecule has 4 rings (SSSR count). The summed E-state index contributed by atoms with van der Waals surface area (Å²) in [6, 6.07) is 18.6. The number of thiazole rings is 1. The summed E-state index contributed by atoms with van der Waals surface area (Å²) in [6.07, 6.45) is 2.18. The van der Waals surface area contributed by atoms with Crippen LogP contribution in [0.2, 0.25) is 0 Å². The Hall–Kier alpha value is -2.24. The fraction of sp³-hybridized carbons (Fsp3) is 0.333. The zero-order valence-corrected chi connectivity index (χ0v) is 15.7. The predicted molar refractivity (Wildman–Crippen MR) is 106 cm³/mol. The smallest absolute Gasteiger partial charge is 0.234 e. The largest absolute Gasteiger partial charge is 0.348 e. The lowest BCUT2D eigenvalue weighted by Crippen LogP contribution is -2.38. The number of likely N-dealkylation sites (tertiary alicyclic amines) is 1. The van der Waals surface area contributed by atoms with E-state index in [1.165, 1.54) is 4.70 Å². The van der Waals surface area contributed by atoms with Crippen molar-refractivity contribution in [1.82, 2.24) is 15.2 Å². The molecule has 4 nitrogen and oxygen atoms in total. The summed E-state index contributed by atoms with van der Waals surface area (Å²) >= 11 is 1.75. The van der Waals surface area contributed by atoms with Gasteiger partial charge in [0.25, 0.3) is 0 Å². The molecular formula is C21H23N3OS. The molecule has 1 saturated heterocycles. The monoisotopic (exact) mass is 365 g/mol. The number of hydrogen-bond acceptors (Lipinski definition) is 4. The molecule has 2 atom stereocenters. The van der Waals surface area contributed by atoms with E-state index in [9.17, 15) is 4.79 Å². The maximum absolute atomic E-state index is 12.6. The molecule has 1 aromatic heterocycles. The highest BCUT2D eigenvalue weighted by Gasteiger charge is 2.30. The topological polar surface area (TPSA) is 45.2 Å². The van der Waals surface area contributed by atoms with Crippen molar-refractivity contribution in [2.75, 3.05) is 13.1 Å². The molecule has 0 spiro atoms. The molecular weight excluding hydrogens is 342 g/mol. The van der Waals surface area contributed by atoms with Crippen molar-refractivity contribution in [3.05, 3.63) is 65.2 Å². The van der Waals surface area contributed by atoms with Crippen molar-refractivity contribution in [3.8, 4) is 0 Å². The third-order valence-electron chi connectivity index (χ3n) is 4.98. The number of nitrogens with one attached hydrogen (secondary N) is 1. The second-order valence-corrected chi connectivity index (χ2v) is 7.91. The fourth-order valence-corrected chi connectivity index (χ4v) is 4.76. The molecule has 134 valence electrons. The van der Waals surface area contributed by atoms with Crippen LogP contribution >= 0.6 is 11.3 Å². The van der Waals surface area contributed by atoms with E-state index in [2.05, 4.69) is 28.4 Å². The van der Waals surface area contributed by atoms with Crippen molar-refractivity contribution in [1.29, 1.82) is 0 Å². The Morgan fingerprint density at radius 1 is 1.23 bits per heavy atom. The fourth-order valence-electron chi connectivity index (χ4n) is 3.62. The molecule has 0 unspecified atom stereocenters. The number of benzene rings is 2. The second kappa shape index (κ2) is 7.56. The van der Waals surface area contributed by atoms with Gasteiger partial charge in [-0.15, -0.1) is 11.3 Å². The standard InChI is InChI=1S/C21H23N3OS/c1-15(16-8-3-2-4-9-16)22-20(25)14-24-13-7-11-18(24)21-23-17-10-5-6-12-19(17)26-21/h2-6,8-10,12,15,18H,7,11,13-14H2,1H3,(H,22,25)/t15-,18-/m0/s1.